The van der Waals surface area contributed by atoms with E-state index in [0.717, 1.165) is 48.3 Å². The SMILES string of the molecule is Cc1nc(-c2ccccc2)ccc1C(=O)N1CCCC1Cc1ccccc1. The third-order valence-corrected chi connectivity index (χ3v) is 5.34. The van der Waals surface area contributed by atoms with Crippen molar-refractivity contribution in [3.63, 3.8) is 0 Å². The number of carbonyl (C=O) groups excluding carboxylic acids is 1. The van der Waals surface area contributed by atoms with Crippen LogP contribution < -0.4 is 0 Å². The first kappa shape index (κ1) is 17.5. The minimum Gasteiger partial charge on any atom is -0.335 e. The van der Waals surface area contributed by atoms with Gasteiger partial charge in [0, 0.05) is 18.2 Å². The van der Waals surface area contributed by atoms with Gasteiger partial charge >= 0.3 is 0 Å². The van der Waals surface area contributed by atoms with Gasteiger partial charge in [-0.2, -0.15) is 0 Å². The molecule has 0 spiro atoms. The van der Waals surface area contributed by atoms with Crippen molar-refractivity contribution in [3.8, 4) is 11.3 Å². The summed E-state index contributed by atoms with van der Waals surface area (Å²) in [7, 11) is 0. The van der Waals surface area contributed by atoms with Gasteiger partial charge in [-0.1, -0.05) is 60.7 Å². The summed E-state index contributed by atoms with van der Waals surface area (Å²) in [4.78, 5) is 19.9. The fourth-order valence-corrected chi connectivity index (χ4v) is 3.91. The monoisotopic (exact) mass is 356 g/mol. The predicted molar refractivity (Wildman–Crippen MR) is 109 cm³/mol. The molecule has 27 heavy (non-hydrogen) atoms. The molecular formula is C24H24N2O. The zero-order valence-corrected chi connectivity index (χ0v) is 15.6. The molecule has 0 saturated carbocycles. The number of pyridine rings is 1. The molecule has 136 valence electrons. The molecule has 1 aliphatic heterocycles. The number of hydrogen-bond donors (Lipinski definition) is 0. The predicted octanol–water partition coefficient (Wildman–Crippen LogP) is 4.90. The highest BCUT2D eigenvalue weighted by Crippen LogP contribution is 2.25. The summed E-state index contributed by atoms with van der Waals surface area (Å²) >= 11 is 0. The first-order valence-electron chi connectivity index (χ1n) is 9.60. The molecule has 1 amide bonds. The largest absolute Gasteiger partial charge is 0.335 e. The fourth-order valence-electron chi connectivity index (χ4n) is 3.91. The zero-order valence-electron chi connectivity index (χ0n) is 15.6. The lowest BCUT2D eigenvalue weighted by molar-refractivity contribution is 0.0735. The number of hydrogen-bond acceptors (Lipinski definition) is 2. The lowest BCUT2D eigenvalue weighted by atomic mass is 10.0. The summed E-state index contributed by atoms with van der Waals surface area (Å²) in [6, 6.07) is 24.7. The molecule has 1 aromatic heterocycles. The average molecular weight is 356 g/mol. The van der Waals surface area contributed by atoms with Gasteiger partial charge in [0.05, 0.1) is 17.0 Å². The van der Waals surface area contributed by atoms with E-state index in [1.165, 1.54) is 5.56 Å². The van der Waals surface area contributed by atoms with E-state index >= 15 is 0 Å². The van der Waals surface area contributed by atoms with Crippen LogP contribution in [0.3, 0.4) is 0 Å². The first-order valence-corrected chi connectivity index (χ1v) is 9.60. The molecule has 3 nitrogen and oxygen atoms in total. The Balaban J connectivity index is 1.55. The van der Waals surface area contributed by atoms with Gasteiger partial charge in [0.1, 0.15) is 0 Å². The van der Waals surface area contributed by atoms with Crippen molar-refractivity contribution >= 4 is 5.91 Å². The van der Waals surface area contributed by atoms with Crippen LogP contribution in [0.25, 0.3) is 11.3 Å². The lowest BCUT2D eigenvalue weighted by Crippen LogP contribution is -2.37. The third-order valence-electron chi connectivity index (χ3n) is 5.34. The molecule has 0 radical (unpaired) electrons. The van der Waals surface area contributed by atoms with E-state index in [1.807, 2.05) is 60.4 Å². The quantitative estimate of drug-likeness (QED) is 0.666. The second-order valence-electron chi connectivity index (χ2n) is 7.18. The number of rotatable bonds is 4. The van der Waals surface area contributed by atoms with Crippen LogP contribution >= 0.6 is 0 Å². The third kappa shape index (κ3) is 3.77. The molecule has 0 N–H and O–H groups in total. The van der Waals surface area contributed by atoms with E-state index in [9.17, 15) is 4.79 Å². The highest BCUT2D eigenvalue weighted by atomic mass is 16.2. The molecular weight excluding hydrogens is 332 g/mol. The fraction of sp³-hybridized carbons (Fsp3) is 0.250. The van der Waals surface area contributed by atoms with Crippen LogP contribution in [-0.4, -0.2) is 28.4 Å². The molecule has 1 fully saturated rings. The Labute approximate surface area is 160 Å². The second-order valence-corrected chi connectivity index (χ2v) is 7.18. The van der Waals surface area contributed by atoms with Gasteiger partial charge in [-0.3, -0.25) is 9.78 Å². The first-order chi connectivity index (χ1) is 13.2. The van der Waals surface area contributed by atoms with E-state index < -0.39 is 0 Å². The molecule has 1 saturated heterocycles. The van der Waals surface area contributed by atoms with E-state index in [-0.39, 0.29) is 11.9 Å². The maximum atomic E-state index is 13.2. The number of aromatic nitrogens is 1. The summed E-state index contributed by atoms with van der Waals surface area (Å²) < 4.78 is 0. The molecule has 1 unspecified atom stereocenters. The molecule has 4 rings (SSSR count). The summed E-state index contributed by atoms with van der Waals surface area (Å²) in [5.41, 5.74) is 4.78. The zero-order chi connectivity index (χ0) is 18.6. The van der Waals surface area contributed by atoms with Crippen molar-refractivity contribution < 1.29 is 4.79 Å². The van der Waals surface area contributed by atoms with Crippen LogP contribution in [0, 0.1) is 6.92 Å². The normalized spacial score (nSPS) is 16.5. The van der Waals surface area contributed by atoms with Gasteiger partial charge in [-0.15, -0.1) is 0 Å². The Bertz CT molecular complexity index is 922. The number of aryl methyl sites for hydroxylation is 1. The molecule has 1 aliphatic rings. The average Bonchev–Trinajstić information content (AvgIpc) is 3.17. The summed E-state index contributed by atoms with van der Waals surface area (Å²) in [5, 5.41) is 0. The Morgan fingerprint density at radius 1 is 1.00 bits per heavy atom. The maximum absolute atomic E-state index is 13.2. The van der Waals surface area contributed by atoms with Crippen molar-refractivity contribution in [3.05, 3.63) is 89.6 Å². The second kappa shape index (κ2) is 7.75. The molecule has 1 atom stereocenters. The van der Waals surface area contributed by atoms with Crippen LogP contribution in [0.1, 0.15) is 34.5 Å². The van der Waals surface area contributed by atoms with E-state index in [4.69, 9.17) is 4.98 Å². The van der Waals surface area contributed by atoms with Crippen LogP contribution in [0.4, 0.5) is 0 Å². The molecule has 3 aromatic rings. The summed E-state index contributed by atoms with van der Waals surface area (Å²) in [6.07, 6.45) is 3.05. The minimum absolute atomic E-state index is 0.109. The Kier molecular flexibility index (Phi) is 5.01. The van der Waals surface area contributed by atoms with Gasteiger partial charge < -0.3 is 4.90 Å². The number of amides is 1. The van der Waals surface area contributed by atoms with Crippen LogP contribution in [-0.2, 0) is 6.42 Å². The van der Waals surface area contributed by atoms with Crippen molar-refractivity contribution in [2.24, 2.45) is 0 Å². The van der Waals surface area contributed by atoms with Gasteiger partial charge in [-0.25, -0.2) is 0 Å². The van der Waals surface area contributed by atoms with Gasteiger partial charge in [0.2, 0.25) is 0 Å². The molecule has 3 heteroatoms. The van der Waals surface area contributed by atoms with Crippen molar-refractivity contribution in [1.82, 2.24) is 9.88 Å². The topological polar surface area (TPSA) is 33.2 Å². The summed E-state index contributed by atoms with van der Waals surface area (Å²) in [6.45, 7) is 2.76. The molecule has 0 bridgehead atoms. The van der Waals surface area contributed by atoms with Crippen molar-refractivity contribution in [1.29, 1.82) is 0 Å². The van der Waals surface area contributed by atoms with Gasteiger partial charge in [0.25, 0.3) is 5.91 Å². The minimum atomic E-state index is 0.109. The number of likely N-dealkylation sites (tertiary alicyclic amines) is 1. The number of nitrogens with zero attached hydrogens (tertiary/aromatic N) is 2. The lowest BCUT2D eigenvalue weighted by Gasteiger charge is -2.25. The molecule has 2 heterocycles. The Morgan fingerprint density at radius 2 is 1.70 bits per heavy atom. The highest BCUT2D eigenvalue weighted by molar-refractivity contribution is 5.96. The number of carbonyl (C=O) groups is 1. The highest BCUT2D eigenvalue weighted by Gasteiger charge is 2.30. The van der Waals surface area contributed by atoms with Crippen molar-refractivity contribution in [2.45, 2.75) is 32.2 Å². The Morgan fingerprint density at radius 3 is 2.41 bits per heavy atom. The van der Waals surface area contributed by atoms with Crippen LogP contribution in [0.2, 0.25) is 0 Å². The molecule has 0 aliphatic carbocycles. The van der Waals surface area contributed by atoms with Crippen molar-refractivity contribution in [2.75, 3.05) is 6.54 Å². The van der Waals surface area contributed by atoms with Crippen LogP contribution in [0.15, 0.2) is 72.8 Å². The smallest absolute Gasteiger partial charge is 0.255 e. The standard InChI is InChI=1S/C24H24N2O/c1-18-22(14-15-23(25-18)20-11-6-3-7-12-20)24(27)26-16-8-13-21(26)17-19-9-4-2-5-10-19/h2-7,9-12,14-15,21H,8,13,16-17H2,1H3. The maximum Gasteiger partial charge on any atom is 0.255 e. The van der Waals surface area contributed by atoms with Crippen LogP contribution in [0.5, 0.6) is 0 Å². The van der Waals surface area contributed by atoms with Gasteiger partial charge in [0.15, 0.2) is 0 Å². The van der Waals surface area contributed by atoms with Gasteiger partial charge in [-0.05, 0) is 43.9 Å². The summed E-state index contributed by atoms with van der Waals surface area (Å²) in [5.74, 6) is 0.109. The van der Waals surface area contributed by atoms with E-state index in [2.05, 4.69) is 24.3 Å². The van der Waals surface area contributed by atoms with E-state index in [1.54, 1.807) is 0 Å². The number of benzene rings is 2. The molecule has 2 aromatic carbocycles. The Hall–Kier alpha value is -2.94. The van der Waals surface area contributed by atoms with E-state index in [0.29, 0.717) is 0 Å².